The summed E-state index contributed by atoms with van der Waals surface area (Å²) < 4.78 is 0. The first kappa shape index (κ1) is 23.9. The number of nitrogens with zero attached hydrogens (tertiary/aromatic N) is 2. The minimum Gasteiger partial charge on any atom is -0.387 e. The fraction of sp³-hybridized carbons (Fsp3) is 0.214. The number of aromatic nitrogens is 2. The van der Waals surface area contributed by atoms with E-state index in [1.807, 2.05) is 48.5 Å². The van der Waals surface area contributed by atoms with Gasteiger partial charge in [-0.3, -0.25) is 9.97 Å². The maximum atomic E-state index is 10.7. The lowest BCUT2D eigenvalue weighted by Gasteiger charge is -2.11. The molecule has 2 atom stereocenters. The van der Waals surface area contributed by atoms with E-state index in [2.05, 4.69) is 33.6 Å². The van der Waals surface area contributed by atoms with Crippen LogP contribution in [0.2, 0.25) is 0 Å². The number of pyridine rings is 2. The molecule has 4 nitrogen and oxygen atoms in total. The third-order valence-electron chi connectivity index (χ3n) is 5.18. The standard InChI is InChI=1S/C28H24N2O2S2/c1-3-5-21-7-9-27(33-21)25(31)17-19-11-13-29-23(15-19)24-16-20(12-14-30-24)18-26(32)28-10-8-22(34-28)6-4-2/h7-16,25-26,31-32H,17-18H2,1-2H3. The van der Waals surface area contributed by atoms with E-state index in [1.54, 1.807) is 26.2 Å². The average Bonchev–Trinajstić information content (AvgIpc) is 3.50. The first-order valence-corrected chi connectivity index (χ1v) is 12.5. The Morgan fingerprint density at radius 3 is 1.56 bits per heavy atom. The lowest BCUT2D eigenvalue weighted by Crippen LogP contribution is -2.02. The maximum Gasteiger partial charge on any atom is 0.0922 e. The van der Waals surface area contributed by atoms with Gasteiger partial charge in [-0.05, 0) is 73.5 Å². The Hall–Kier alpha value is -3.26. The van der Waals surface area contributed by atoms with Gasteiger partial charge in [-0.2, -0.15) is 0 Å². The Kier molecular flexibility index (Phi) is 7.90. The predicted octanol–water partition coefficient (Wildman–Crippen LogP) is 5.56. The summed E-state index contributed by atoms with van der Waals surface area (Å²) in [5, 5.41) is 21.4. The maximum absolute atomic E-state index is 10.7. The topological polar surface area (TPSA) is 66.2 Å². The third kappa shape index (κ3) is 5.99. The first-order chi connectivity index (χ1) is 16.6. The van der Waals surface area contributed by atoms with Crippen molar-refractivity contribution in [2.75, 3.05) is 0 Å². The van der Waals surface area contributed by atoms with Crippen molar-refractivity contribution in [3.05, 3.63) is 91.6 Å². The molecule has 0 aromatic carbocycles. The molecule has 34 heavy (non-hydrogen) atoms. The number of rotatable bonds is 7. The molecular weight excluding hydrogens is 460 g/mol. The highest BCUT2D eigenvalue weighted by Crippen LogP contribution is 2.28. The quantitative estimate of drug-likeness (QED) is 0.337. The molecule has 0 radical (unpaired) electrons. The molecular formula is C28H24N2O2S2. The van der Waals surface area contributed by atoms with Gasteiger partial charge < -0.3 is 10.2 Å². The van der Waals surface area contributed by atoms with Gasteiger partial charge >= 0.3 is 0 Å². The Labute approximate surface area is 208 Å². The zero-order valence-electron chi connectivity index (χ0n) is 18.9. The molecule has 170 valence electrons. The molecule has 2 N–H and O–H groups in total. The first-order valence-electron chi connectivity index (χ1n) is 10.9. The third-order valence-corrected chi connectivity index (χ3v) is 7.38. The zero-order chi connectivity index (χ0) is 23.9. The predicted molar refractivity (Wildman–Crippen MR) is 139 cm³/mol. The van der Waals surface area contributed by atoms with Gasteiger partial charge in [0.15, 0.2) is 0 Å². The van der Waals surface area contributed by atoms with E-state index in [-0.39, 0.29) is 0 Å². The average molecular weight is 485 g/mol. The second kappa shape index (κ2) is 11.2. The Bertz CT molecular complexity index is 1290. The van der Waals surface area contributed by atoms with Crippen molar-refractivity contribution in [3.8, 4) is 35.1 Å². The van der Waals surface area contributed by atoms with Crippen LogP contribution >= 0.6 is 22.7 Å². The van der Waals surface area contributed by atoms with Crippen molar-refractivity contribution in [2.24, 2.45) is 0 Å². The molecule has 6 heteroatoms. The number of thiophene rings is 2. The van der Waals surface area contributed by atoms with Gasteiger partial charge in [0.05, 0.1) is 33.4 Å². The molecule has 4 rings (SSSR count). The monoisotopic (exact) mass is 484 g/mol. The van der Waals surface area contributed by atoms with Crippen LogP contribution in [0, 0.1) is 23.7 Å². The normalized spacial score (nSPS) is 12.2. The van der Waals surface area contributed by atoms with Crippen molar-refractivity contribution in [2.45, 2.75) is 38.9 Å². The summed E-state index contributed by atoms with van der Waals surface area (Å²) >= 11 is 3.03. The van der Waals surface area contributed by atoms with Crippen LogP contribution in [-0.2, 0) is 12.8 Å². The highest BCUT2D eigenvalue weighted by atomic mass is 32.1. The molecule has 0 aliphatic rings. The summed E-state index contributed by atoms with van der Waals surface area (Å²) in [6.07, 6.45) is 3.24. The van der Waals surface area contributed by atoms with E-state index in [4.69, 9.17) is 0 Å². The summed E-state index contributed by atoms with van der Waals surface area (Å²) in [5.41, 5.74) is 3.43. The fourth-order valence-electron chi connectivity index (χ4n) is 3.57. The minimum absolute atomic E-state index is 0.481. The van der Waals surface area contributed by atoms with Gasteiger partial charge in [0, 0.05) is 35.0 Å². The number of aliphatic hydroxyl groups is 2. The van der Waals surface area contributed by atoms with E-state index in [0.717, 1.165) is 42.0 Å². The molecule has 2 unspecified atom stereocenters. The summed E-state index contributed by atoms with van der Waals surface area (Å²) in [5.74, 6) is 11.8. The van der Waals surface area contributed by atoms with Gasteiger partial charge in [-0.25, -0.2) is 0 Å². The highest BCUT2D eigenvalue weighted by molar-refractivity contribution is 7.12. The number of hydrogen-bond donors (Lipinski definition) is 2. The molecule has 0 aliphatic carbocycles. The van der Waals surface area contributed by atoms with Crippen LogP contribution in [0.4, 0.5) is 0 Å². The second-order valence-corrected chi connectivity index (χ2v) is 9.92. The SMILES string of the molecule is CC#Cc1ccc(C(O)Cc2ccnc(-c3cc(CC(O)c4ccc(C#CC)s4)ccn3)c2)s1. The molecule has 4 aromatic heterocycles. The lowest BCUT2D eigenvalue weighted by atomic mass is 10.0. The number of hydrogen-bond acceptors (Lipinski definition) is 6. The van der Waals surface area contributed by atoms with E-state index in [0.29, 0.717) is 12.8 Å². The van der Waals surface area contributed by atoms with Crippen molar-refractivity contribution in [1.29, 1.82) is 0 Å². The van der Waals surface area contributed by atoms with Crippen molar-refractivity contribution >= 4 is 22.7 Å². The molecule has 4 heterocycles. The van der Waals surface area contributed by atoms with Crippen LogP contribution in [0.1, 0.15) is 56.7 Å². The highest BCUT2D eigenvalue weighted by Gasteiger charge is 2.14. The molecule has 0 fully saturated rings. The van der Waals surface area contributed by atoms with Crippen LogP contribution in [0.3, 0.4) is 0 Å². The van der Waals surface area contributed by atoms with Crippen molar-refractivity contribution < 1.29 is 10.2 Å². The molecule has 0 saturated carbocycles. The van der Waals surface area contributed by atoms with E-state index in [9.17, 15) is 10.2 Å². The lowest BCUT2D eigenvalue weighted by molar-refractivity contribution is 0.182. The zero-order valence-corrected chi connectivity index (χ0v) is 20.6. The molecule has 0 amide bonds. The smallest absolute Gasteiger partial charge is 0.0922 e. The van der Waals surface area contributed by atoms with Crippen molar-refractivity contribution in [3.63, 3.8) is 0 Å². The Morgan fingerprint density at radius 2 is 1.15 bits per heavy atom. The van der Waals surface area contributed by atoms with Gasteiger partial charge in [-0.15, -0.1) is 34.5 Å². The van der Waals surface area contributed by atoms with Crippen molar-refractivity contribution in [1.82, 2.24) is 9.97 Å². The van der Waals surface area contributed by atoms with Crippen LogP contribution in [-0.4, -0.2) is 20.2 Å². The van der Waals surface area contributed by atoms with E-state index >= 15 is 0 Å². The largest absolute Gasteiger partial charge is 0.387 e. The van der Waals surface area contributed by atoms with Crippen LogP contribution in [0.25, 0.3) is 11.4 Å². The van der Waals surface area contributed by atoms with Gasteiger partial charge in [0.2, 0.25) is 0 Å². The summed E-state index contributed by atoms with van der Waals surface area (Å²) in [6, 6.07) is 15.5. The van der Waals surface area contributed by atoms with Crippen LogP contribution in [0.15, 0.2) is 60.9 Å². The molecule has 0 spiro atoms. The molecule has 0 saturated heterocycles. The van der Waals surface area contributed by atoms with Crippen LogP contribution in [0.5, 0.6) is 0 Å². The summed E-state index contributed by atoms with van der Waals surface area (Å²) in [7, 11) is 0. The Balaban J connectivity index is 1.47. The molecule has 0 bridgehead atoms. The van der Waals surface area contributed by atoms with E-state index in [1.165, 1.54) is 22.7 Å². The Morgan fingerprint density at radius 1 is 0.706 bits per heavy atom. The molecule has 0 aliphatic heterocycles. The summed E-state index contributed by atoms with van der Waals surface area (Å²) in [6.45, 7) is 3.61. The minimum atomic E-state index is -0.602. The fourth-order valence-corrected chi connectivity index (χ4v) is 5.37. The molecule has 4 aromatic rings. The van der Waals surface area contributed by atoms with Crippen LogP contribution < -0.4 is 0 Å². The van der Waals surface area contributed by atoms with Gasteiger partial charge in [-0.1, -0.05) is 11.8 Å². The van der Waals surface area contributed by atoms with Gasteiger partial charge in [0.1, 0.15) is 0 Å². The summed E-state index contributed by atoms with van der Waals surface area (Å²) in [4.78, 5) is 12.7. The number of aliphatic hydroxyl groups excluding tert-OH is 2. The van der Waals surface area contributed by atoms with E-state index < -0.39 is 12.2 Å². The second-order valence-electron chi connectivity index (χ2n) is 7.69. The van der Waals surface area contributed by atoms with Gasteiger partial charge in [0.25, 0.3) is 0 Å².